The van der Waals surface area contributed by atoms with Crippen molar-refractivity contribution in [3.05, 3.63) is 63.3 Å². The lowest BCUT2D eigenvalue weighted by Gasteiger charge is -2.19. The lowest BCUT2D eigenvalue weighted by atomic mass is 9.87. The van der Waals surface area contributed by atoms with Crippen molar-refractivity contribution in [3.63, 3.8) is 0 Å². The van der Waals surface area contributed by atoms with Gasteiger partial charge < -0.3 is 10.3 Å². The molecule has 0 fully saturated rings. The number of thiazole rings is 1. The van der Waals surface area contributed by atoms with Crippen LogP contribution in [0.4, 0.5) is 5.69 Å². The Labute approximate surface area is 138 Å². The molecule has 118 valence electrons. The molecule has 0 unspecified atom stereocenters. The zero-order valence-corrected chi connectivity index (χ0v) is 14.1. The number of fused-ring (bicyclic) bond motifs is 1. The predicted molar refractivity (Wildman–Crippen MR) is 95.5 cm³/mol. The van der Waals surface area contributed by atoms with Crippen LogP contribution in [0, 0.1) is 0 Å². The Morgan fingerprint density at radius 1 is 1.09 bits per heavy atom. The lowest BCUT2D eigenvalue weighted by Crippen LogP contribution is -2.14. The van der Waals surface area contributed by atoms with Crippen LogP contribution in [0.1, 0.15) is 36.7 Å². The van der Waals surface area contributed by atoms with Crippen LogP contribution in [0.2, 0.25) is 0 Å². The molecule has 0 aliphatic carbocycles. The number of anilines is 1. The molecule has 2 N–H and O–H groups in total. The molecular weight excluding hydrogens is 308 g/mol. The van der Waals surface area contributed by atoms with Gasteiger partial charge in [0.25, 0.3) is 5.91 Å². The van der Waals surface area contributed by atoms with Crippen LogP contribution in [0.3, 0.4) is 0 Å². The third kappa shape index (κ3) is 3.35. The first-order chi connectivity index (χ1) is 10.8. The van der Waals surface area contributed by atoms with E-state index >= 15 is 0 Å². The van der Waals surface area contributed by atoms with E-state index in [0.29, 0.717) is 11.3 Å². The number of nitrogens with one attached hydrogen (secondary N) is 2. The van der Waals surface area contributed by atoms with Gasteiger partial charge in [-0.25, -0.2) is 0 Å². The largest absolute Gasteiger partial charge is 0.322 e. The number of carbonyl (C=O) groups excluding carboxylic acids is 1. The number of hydrogen-bond donors (Lipinski definition) is 2. The van der Waals surface area contributed by atoms with Gasteiger partial charge in [-0.15, -0.1) is 0 Å². The zero-order chi connectivity index (χ0) is 16.6. The molecule has 0 radical (unpaired) electrons. The van der Waals surface area contributed by atoms with Gasteiger partial charge in [-0.05, 0) is 41.3 Å². The van der Waals surface area contributed by atoms with E-state index in [9.17, 15) is 9.59 Å². The molecule has 1 amide bonds. The van der Waals surface area contributed by atoms with Crippen LogP contribution < -0.4 is 10.2 Å². The van der Waals surface area contributed by atoms with E-state index in [1.807, 2.05) is 24.3 Å². The van der Waals surface area contributed by atoms with Gasteiger partial charge in [0.1, 0.15) is 0 Å². The van der Waals surface area contributed by atoms with Gasteiger partial charge in [-0.2, -0.15) is 0 Å². The minimum atomic E-state index is -0.160. The lowest BCUT2D eigenvalue weighted by molar-refractivity contribution is 0.102. The Kier molecular flexibility index (Phi) is 3.82. The Morgan fingerprint density at radius 2 is 1.78 bits per heavy atom. The summed E-state index contributed by atoms with van der Waals surface area (Å²) in [6, 6.07) is 13.0. The molecule has 3 rings (SSSR count). The van der Waals surface area contributed by atoms with Gasteiger partial charge >= 0.3 is 4.87 Å². The summed E-state index contributed by atoms with van der Waals surface area (Å²) in [6.07, 6.45) is 0. The number of hydrogen-bond acceptors (Lipinski definition) is 3. The molecule has 1 aromatic heterocycles. The van der Waals surface area contributed by atoms with E-state index in [0.717, 1.165) is 21.6 Å². The van der Waals surface area contributed by atoms with Crippen molar-refractivity contribution in [3.8, 4) is 0 Å². The number of benzene rings is 2. The molecule has 0 aliphatic rings. The van der Waals surface area contributed by atoms with Crippen molar-refractivity contribution in [1.82, 2.24) is 4.98 Å². The second kappa shape index (κ2) is 5.66. The minimum Gasteiger partial charge on any atom is -0.322 e. The fourth-order valence-electron chi connectivity index (χ4n) is 2.35. The van der Waals surface area contributed by atoms with Crippen LogP contribution in [-0.2, 0) is 5.41 Å². The molecule has 0 aliphatic heterocycles. The number of aromatic nitrogens is 1. The molecule has 23 heavy (non-hydrogen) atoms. The molecule has 0 saturated heterocycles. The number of carbonyl (C=O) groups is 1. The second-order valence-corrected chi connectivity index (χ2v) is 7.52. The minimum absolute atomic E-state index is 0.0613. The molecule has 5 heteroatoms. The highest BCUT2D eigenvalue weighted by molar-refractivity contribution is 7.16. The van der Waals surface area contributed by atoms with E-state index in [1.54, 1.807) is 18.2 Å². The molecule has 3 aromatic rings. The van der Waals surface area contributed by atoms with Gasteiger partial charge in [0.2, 0.25) is 0 Å². The Bertz CT molecular complexity index is 915. The standard InChI is InChI=1S/C18H18N2O2S/c1-18(2,3)12-6-4-11(5-7-12)16(21)19-13-8-9-14-15(10-13)23-17(22)20-14/h4-10H,1-3H3,(H,19,21)(H,20,22). The third-order valence-corrected chi connectivity index (χ3v) is 4.54. The van der Waals surface area contributed by atoms with E-state index in [2.05, 4.69) is 31.1 Å². The van der Waals surface area contributed by atoms with Crippen LogP contribution in [-0.4, -0.2) is 10.9 Å². The van der Waals surface area contributed by atoms with E-state index < -0.39 is 0 Å². The average Bonchev–Trinajstić information content (AvgIpc) is 2.86. The summed E-state index contributed by atoms with van der Waals surface area (Å²) in [7, 11) is 0. The molecule has 0 bridgehead atoms. The summed E-state index contributed by atoms with van der Waals surface area (Å²) >= 11 is 1.13. The van der Waals surface area contributed by atoms with Crippen molar-refractivity contribution in [1.29, 1.82) is 0 Å². The molecule has 1 heterocycles. The Hall–Kier alpha value is -2.40. The fourth-order valence-corrected chi connectivity index (χ4v) is 3.12. The van der Waals surface area contributed by atoms with E-state index in [-0.39, 0.29) is 16.2 Å². The molecule has 2 aromatic carbocycles. The third-order valence-electron chi connectivity index (χ3n) is 3.69. The van der Waals surface area contributed by atoms with Gasteiger partial charge in [-0.1, -0.05) is 44.2 Å². The van der Waals surface area contributed by atoms with Gasteiger partial charge in [0.15, 0.2) is 0 Å². The molecule has 0 saturated carbocycles. The van der Waals surface area contributed by atoms with Crippen molar-refractivity contribution in [2.45, 2.75) is 26.2 Å². The highest BCUT2D eigenvalue weighted by Gasteiger charge is 2.14. The SMILES string of the molecule is CC(C)(C)c1ccc(C(=O)Nc2ccc3[nH]c(=O)sc3c2)cc1. The van der Waals surface area contributed by atoms with Crippen LogP contribution in [0.5, 0.6) is 0 Å². The second-order valence-electron chi connectivity index (χ2n) is 6.51. The molecule has 0 spiro atoms. The van der Waals surface area contributed by atoms with Crippen LogP contribution in [0.15, 0.2) is 47.3 Å². The monoisotopic (exact) mass is 326 g/mol. The summed E-state index contributed by atoms with van der Waals surface area (Å²) in [4.78, 5) is 26.3. The average molecular weight is 326 g/mol. The molecule has 4 nitrogen and oxygen atoms in total. The summed E-state index contributed by atoms with van der Waals surface area (Å²) in [5.41, 5.74) is 3.32. The van der Waals surface area contributed by atoms with Crippen molar-refractivity contribution in [2.24, 2.45) is 0 Å². The number of amides is 1. The highest BCUT2D eigenvalue weighted by atomic mass is 32.1. The molecular formula is C18H18N2O2S. The Morgan fingerprint density at radius 3 is 2.43 bits per heavy atom. The predicted octanol–water partition coefficient (Wildman–Crippen LogP) is 4.14. The van der Waals surface area contributed by atoms with Gasteiger partial charge in [0.05, 0.1) is 10.2 Å². The maximum Gasteiger partial charge on any atom is 0.305 e. The van der Waals surface area contributed by atoms with Gasteiger partial charge in [0, 0.05) is 11.3 Å². The summed E-state index contributed by atoms with van der Waals surface area (Å²) in [6.45, 7) is 6.42. The van der Waals surface area contributed by atoms with E-state index in [4.69, 9.17) is 0 Å². The Balaban J connectivity index is 1.81. The van der Waals surface area contributed by atoms with Gasteiger partial charge in [-0.3, -0.25) is 9.59 Å². The number of rotatable bonds is 2. The first kappa shape index (κ1) is 15.5. The first-order valence-electron chi connectivity index (χ1n) is 7.38. The summed E-state index contributed by atoms with van der Waals surface area (Å²) in [5, 5.41) is 2.87. The molecule has 0 atom stereocenters. The van der Waals surface area contributed by atoms with Crippen molar-refractivity contribution >= 4 is 33.1 Å². The topological polar surface area (TPSA) is 62.0 Å². The van der Waals surface area contributed by atoms with Crippen LogP contribution >= 0.6 is 11.3 Å². The fraction of sp³-hybridized carbons (Fsp3) is 0.222. The highest BCUT2D eigenvalue weighted by Crippen LogP contribution is 2.23. The van der Waals surface area contributed by atoms with Crippen LogP contribution in [0.25, 0.3) is 10.2 Å². The normalized spacial score (nSPS) is 11.6. The smallest absolute Gasteiger partial charge is 0.305 e. The van der Waals surface area contributed by atoms with Crippen molar-refractivity contribution < 1.29 is 4.79 Å². The first-order valence-corrected chi connectivity index (χ1v) is 8.19. The maximum absolute atomic E-state index is 12.3. The number of aromatic amines is 1. The summed E-state index contributed by atoms with van der Waals surface area (Å²) in [5.74, 6) is -0.160. The van der Waals surface area contributed by atoms with Crippen molar-refractivity contribution in [2.75, 3.05) is 5.32 Å². The summed E-state index contributed by atoms with van der Waals surface area (Å²) < 4.78 is 0.830. The quantitative estimate of drug-likeness (QED) is 0.743. The van der Waals surface area contributed by atoms with E-state index in [1.165, 1.54) is 5.56 Å². The zero-order valence-electron chi connectivity index (χ0n) is 13.3. The number of H-pyrrole nitrogens is 1. The maximum atomic E-state index is 12.3.